The molecule has 0 radical (unpaired) electrons. The van der Waals surface area contributed by atoms with E-state index in [9.17, 15) is 10.2 Å². The van der Waals surface area contributed by atoms with E-state index in [2.05, 4.69) is 20.6 Å². The molecule has 44 heavy (non-hydrogen) atoms. The number of aliphatic imine (C=N–C) groups is 2. The minimum Gasteiger partial charge on any atom is -0.872 e. The van der Waals surface area contributed by atoms with Crippen LogP contribution in [-0.4, -0.2) is 21.6 Å². The zero-order valence-electron chi connectivity index (χ0n) is 23.2. The molecule has 0 fully saturated rings. The number of allylic oxidation sites excluding steroid dienone is 8. The number of nitrogens with one attached hydrogen (secondary N) is 2. The third-order valence-corrected chi connectivity index (χ3v) is 8.68. The van der Waals surface area contributed by atoms with Crippen molar-refractivity contribution in [1.82, 2.24) is 15.3 Å². The molecule has 0 saturated heterocycles. The highest BCUT2D eigenvalue weighted by Gasteiger charge is 2.37. The first-order valence-electron chi connectivity index (χ1n) is 14.4. The van der Waals surface area contributed by atoms with Gasteiger partial charge in [-0.15, -0.1) is 0 Å². The van der Waals surface area contributed by atoms with Crippen LogP contribution in [0.25, 0.3) is 16.3 Å². The first-order chi connectivity index (χ1) is 21.7. The molecule has 210 valence electrons. The van der Waals surface area contributed by atoms with Crippen LogP contribution in [0.4, 0.5) is 11.4 Å². The van der Waals surface area contributed by atoms with Gasteiger partial charge < -0.3 is 20.8 Å². The van der Waals surface area contributed by atoms with Gasteiger partial charge in [0.1, 0.15) is 11.4 Å². The molecule has 0 amide bonds. The number of hydrogen-bond acceptors (Lipinski definition) is 8. The van der Waals surface area contributed by atoms with Crippen molar-refractivity contribution in [1.29, 1.82) is 0 Å². The Hall–Kier alpha value is -6.02. The minimum absolute atomic E-state index is 0.180. The molecular weight excluding hydrogens is 548 g/mol. The van der Waals surface area contributed by atoms with Gasteiger partial charge in [0.25, 0.3) is 0 Å². The first-order valence-corrected chi connectivity index (χ1v) is 14.4. The van der Waals surface area contributed by atoms with Gasteiger partial charge in [-0.3, -0.25) is 9.97 Å². The molecule has 8 heteroatoms. The van der Waals surface area contributed by atoms with Crippen LogP contribution < -0.4 is 20.8 Å². The summed E-state index contributed by atoms with van der Waals surface area (Å²) in [5.41, 5.74) is 6.97. The molecule has 0 bridgehead atoms. The molecule has 4 heterocycles. The van der Waals surface area contributed by atoms with Gasteiger partial charge in [-0.05, 0) is 65.1 Å². The van der Waals surface area contributed by atoms with Crippen molar-refractivity contribution in [3.05, 3.63) is 161 Å². The molecule has 2 aliphatic heterocycles. The maximum atomic E-state index is 13.9. The lowest BCUT2D eigenvalue weighted by molar-refractivity contribution is -0.325. The highest BCUT2D eigenvalue weighted by molar-refractivity contribution is 6.20. The smallest absolute Gasteiger partial charge is 0.157 e. The predicted molar refractivity (Wildman–Crippen MR) is 166 cm³/mol. The van der Waals surface area contributed by atoms with Crippen molar-refractivity contribution in [3.63, 3.8) is 0 Å². The summed E-state index contributed by atoms with van der Waals surface area (Å²) in [5, 5.41) is 36.2. The molecular formula is C36H22N6O2-2. The molecule has 2 N–H and O–H groups in total. The number of benzene rings is 2. The molecule has 0 spiro atoms. The lowest BCUT2D eigenvalue weighted by atomic mass is 9.69. The predicted octanol–water partition coefficient (Wildman–Crippen LogP) is 4.39. The van der Waals surface area contributed by atoms with Gasteiger partial charge in [-0.25, -0.2) is 9.98 Å². The third kappa shape index (κ3) is 3.51. The second-order valence-electron chi connectivity index (χ2n) is 11.1. The fourth-order valence-corrected chi connectivity index (χ4v) is 6.70. The van der Waals surface area contributed by atoms with Gasteiger partial charge in [0.05, 0.1) is 11.4 Å². The van der Waals surface area contributed by atoms with E-state index in [1.54, 1.807) is 12.4 Å². The summed E-state index contributed by atoms with van der Waals surface area (Å²) in [6.45, 7) is 0. The van der Waals surface area contributed by atoms with Gasteiger partial charge >= 0.3 is 0 Å². The lowest BCUT2D eigenvalue weighted by Gasteiger charge is -2.46. The van der Waals surface area contributed by atoms with Crippen LogP contribution >= 0.6 is 0 Å². The highest BCUT2D eigenvalue weighted by Crippen LogP contribution is 2.50. The van der Waals surface area contributed by atoms with Crippen LogP contribution in [0.2, 0.25) is 0 Å². The highest BCUT2D eigenvalue weighted by atomic mass is 16.3. The number of pyridine rings is 2. The number of rotatable bonds is 4. The van der Waals surface area contributed by atoms with Gasteiger partial charge in [0.2, 0.25) is 0 Å². The van der Waals surface area contributed by atoms with Crippen LogP contribution in [0, 0.1) is 11.8 Å². The van der Waals surface area contributed by atoms with Gasteiger partial charge in [0, 0.05) is 46.6 Å². The van der Waals surface area contributed by atoms with E-state index in [1.165, 1.54) is 0 Å². The molecule has 9 rings (SSSR count). The second kappa shape index (κ2) is 9.24. The van der Waals surface area contributed by atoms with E-state index in [1.807, 2.05) is 97.1 Å². The van der Waals surface area contributed by atoms with Crippen molar-refractivity contribution >= 4 is 39.4 Å². The number of nitrogens with zero attached hydrogens (tertiary/aromatic N) is 4. The van der Waals surface area contributed by atoms with Crippen LogP contribution in [0.3, 0.4) is 0 Å². The summed E-state index contributed by atoms with van der Waals surface area (Å²) in [5.74, 6) is 0.348. The second-order valence-corrected chi connectivity index (χ2v) is 11.1. The van der Waals surface area contributed by atoms with Crippen LogP contribution in [0.5, 0.6) is 0 Å². The summed E-state index contributed by atoms with van der Waals surface area (Å²) < 4.78 is 0. The molecule has 0 saturated carbocycles. The van der Waals surface area contributed by atoms with E-state index < -0.39 is 0 Å². The zero-order chi connectivity index (χ0) is 29.4. The van der Waals surface area contributed by atoms with E-state index in [4.69, 9.17) is 9.98 Å². The zero-order valence-corrected chi connectivity index (χ0v) is 23.2. The SMILES string of the molecule is [O-]C1=C(c2ccc3c4c(cccc24)NC(c2ccccn2)=N3)C([O-])=C1C1C=CC2=C3C(=CC=CC31)N=C(c1ccccn1)N2. The Morgan fingerprint density at radius 1 is 0.682 bits per heavy atom. The average molecular weight is 571 g/mol. The van der Waals surface area contributed by atoms with Crippen LogP contribution in [-0.2, 0) is 0 Å². The Labute approximate surface area is 252 Å². The summed E-state index contributed by atoms with van der Waals surface area (Å²) in [7, 11) is 0. The van der Waals surface area contributed by atoms with Gasteiger partial charge in [-0.1, -0.05) is 65.7 Å². The summed E-state index contributed by atoms with van der Waals surface area (Å²) in [6, 6.07) is 20.9. The molecule has 2 atom stereocenters. The fourth-order valence-electron chi connectivity index (χ4n) is 6.70. The fraction of sp³-hybridized carbons (Fsp3) is 0.0556. The maximum Gasteiger partial charge on any atom is 0.157 e. The molecule has 8 nitrogen and oxygen atoms in total. The van der Waals surface area contributed by atoms with Gasteiger partial charge in [-0.2, -0.15) is 0 Å². The summed E-state index contributed by atoms with van der Waals surface area (Å²) >= 11 is 0. The number of aromatic nitrogens is 2. The van der Waals surface area contributed by atoms with Crippen LogP contribution in [0.15, 0.2) is 154 Å². The monoisotopic (exact) mass is 570 g/mol. The van der Waals surface area contributed by atoms with Crippen molar-refractivity contribution in [2.45, 2.75) is 0 Å². The molecule has 2 aromatic carbocycles. The van der Waals surface area contributed by atoms with Crippen molar-refractivity contribution < 1.29 is 10.2 Å². The third-order valence-electron chi connectivity index (χ3n) is 8.68. The van der Waals surface area contributed by atoms with E-state index in [-0.39, 0.29) is 28.9 Å². The Morgan fingerprint density at radius 3 is 2.20 bits per heavy atom. The molecule has 5 aliphatic rings. The largest absolute Gasteiger partial charge is 0.872 e. The summed E-state index contributed by atoms with van der Waals surface area (Å²) in [4.78, 5) is 18.5. The summed E-state index contributed by atoms with van der Waals surface area (Å²) in [6.07, 6.45) is 13.3. The lowest BCUT2D eigenvalue weighted by Crippen LogP contribution is -2.38. The normalized spacial score (nSPS) is 21.2. The number of anilines is 1. The van der Waals surface area contributed by atoms with E-state index >= 15 is 0 Å². The standard InChI is InChI=1S/C36H24N6O2/c43-33-31(21-13-15-25-29-19(21)7-5-11-23(29)39-35(41-25)27-9-1-3-17-37-27)34(44)32(33)22-14-16-26-30-20(22)8-6-12-24(30)40-36(42-26)28-10-2-4-18-38-28/h1-19,21,43-44H,(H,39,41)(H,40,42)/p-2. The van der Waals surface area contributed by atoms with Crippen molar-refractivity contribution in [2.75, 3.05) is 5.32 Å². The Balaban J connectivity index is 1.06. The van der Waals surface area contributed by atoms with E-state index in [0.717, 1.165) is 50.5 Å². The minimum atomic E-state index is -0.377. The molecule has 4 aromatic rings. The average Bonchev–Trinajstić information content (AvgIpc) is 3.08. The Kier molecular flexibility index (Phi) is 5.16. The topological polar surface area (TPSA) is 121 Å². The maximum absolute atomic E-state index is 13.9. The molecule has 3 aliphatic carbocycles. The number of hydrogen-bond donors (Lipinski definition) is 2. The van der Waals surface area contributed by atoms with Crippen molar-refractivity contribution in [2.24, 2.45) is 21.8 Å². The van der Waals surface area contributed by atoms with Gasteiger partial charge in [0.15, 0.2) is 11.7 Å². The van der Waals surface area contributed by atoms with E-state index in [0.29, 0.717) is 22.8 Å². The Bertz CT molecular complexity index is 2190. The van der Waals surface area contributed by atoms with Crippen LogP contribution in [0.1, 0.15) is 17.0 Å². The molecule has 2 aromatic heterocycles. The Morgan fingerprint density at radius 2 is 1.45 bits per heavy atom. The number of amidine groups is 2. The first kappa shape index (κ1) is 24.6. The quantitative estimate of drug-likeness (QED) is 0.376. The molecule has 2 unspecified atom stereocenters. The van der Waals surface area contributed by atoms with Crippen molar-refractivity contribution in [3.8, 4) is 0 Å².